The molecule has 0 aromatic heterocycles. The fourth-order valence-corrected chi connectivity index (χ4v) is 5.49. The maximum Gasteiger partial charge on any atom is 0.313 e. The van der Waals surface area contributed by atoms with Gasteiger partial charge in [0.25, 0.3) is 0 Å². The molecule has 1 unspecified atom stereocenters. The van der Waals surface area contributed by atoms with Gasteiger partial charge in [0.2, 0.25) is 10.0 Å². The quantitative estimate of drug-likeness (QED) is 0.612. The van der Waals surface area contributed by atoms with E-state index in [0.29, 0.717) is 18.4 Å². The summed E-state index contributed by atoms with van der Waals surface area (Å²) in [5.74, 6) is -0.248. The summed E-state index contributed by atoms with van der Waals surface area (Å²) in [5, 5.41) is 5.28. The van der Waals surface area contributed by atoms with Gasteiger partial charge < -0.3 is 4.74 Å². The standard InChI is InChI=1S/C20H27NO5S/c1-13-14(2)18(27(21,24)25)8-7-15(13)9-10-20(16-5-3-4-6-16)12-17(22)11-19(23)26-20/h7-8,16H,3-6,9-12H2,1-2H3,(H2,21,24,25). The van der Waals surface area contributed by atoms with Crippen molar-refractivity contribution in [2.45, 2.75) is 75.7 Å². The summed E-state index contributed by atoms with van der Waals surface area (Å²) < 4.78 is 29.2. The molecule has 1 aromatic carbocycles. The third-order valence-corrected chi connectivity index (χ3v) is 7.28. The summed E-state index contributed by atoms with van der Waals surface area (Å²) in [6.45, 7) is 3.62. The fraction of sp³-hybridized carbons (Fsp3) is 0.600. The number of Topliss-reactive ketones (excluding diaryl/α,β-unsaturated/α-hetero) is 1. The lowest BCUT2D eigenvalue weighted by molar-refractivity contribution is -0.178. The molecule has 0 bridgehead atoms. The zero-order valence-electron chi connectivity index (χ0n) is 15.9. The molecule has 148 valence electrons. The first-order valence-corrected chi connectivity index (χ1v) is 11.0. The number of cyclic esters (lactones) is 1. The van der Waals surface area contributed by atoms with Crippen LogP contribution >= 0.6 is 0 Å². The van der Waals surface area contributed by atoms with Crippen molar-refractivity contribution in [3.8, 4) is 0 Å². The second kappa shape index (κ2) is 7.36. The van der Waals surface area contributed by atoms with Crippen LogP contribution in [0.15, 0.2) is 17.0 Å². The molecule has 1 aliphatic heterocycles. The van der Waals surface area contributed by atoms with Crippen molar-refractivity contribution in [1.29, 1.82) is 0 Å². The van der Waals surface area contributed by atoms with Crippen LogP contribution in [0.4, 0.5) is 0 Å². The van der Waals surface area contributed by atoms with Gasteiger partial charge >= 0.3 is 5.97 Å². The van der Waals surface area contributed by atoms with E-state index < -0.39 is 21.6 Å². The van der Waals surface area contributed by atoms with Gasteiger partial charge in [-0.15, -0.1) is 0 Å². The van der Waals surface area contributed by atoms with Crippen molar-refractivity contribution >= 4 is 21.8 Å². The highest BCUT2D eigenvalue weighted by Crippen LogP contribution is 2.44. The predicted octanol–water partition coefficient (Wildman–Crippen LogP) is 2.72. The molecule has 1 saturated carbocycles. The van der Waals surface area contributed by atoms with Gasteiger partial charge in [-0.2, -0.15) is 0 Å². The predicted molar refractivity (Wildman–Crippen MR) is 101 cm³/mol. The highest BCUT2D eigenvalue weighted by atomic mass is 32.2. The monoisotopic (exact) mass is 393 g/mol. The zero-order chi connectivity index (χ0) is 19.8. The van der Waals surface area contributed by atoms with Gasteiger partial charge in [0.1, 0.15) is 17.8 Å². The number of rotatable bonds is 5. The van der Waals surface area contributed by atoms with Crippen LogP contribution in [-0.2, 0) is 30.8 Å². The number of primary sulfonamides is 1. The number of hydrogen-bond acceptors (Lipinski definition) is 5. The minimum atomic E-state index is -3.76. The molecular formula is C20H27NO5S. The Morgan fingerprint density at radius 3 is 2.41 bits per heavy atom. The Hall–Kier alpha value is -1.73. The average molecular weight is 394 g/mol. The van der Waals surface area contributed by atoms with Gasteiger partial charge in [-0.3, -0.25) is 9.59 Å². The molecule has 1 atom stereocenters. The SMILES string of the molecule is Cc1c(CCC2(C3CCCC3)CC(=O)CC(=O)O2)ccc(S(N)(=O)=O)c1C. The van der Waals surface area contributed by atoms with Crippen LogP contribution in [0.2, 0.25) is 0 Å². The van der Waals surface area contributed by atoms with Crippen LogP contribution in [0.3, 0.4) is 0 Å². The molecule has 0 amide bonds. The molecule has 0 spiro atoms. The Morgan fingerprint density at radius 2 is 1.81 bits per heavy atom. The Labute approximate surface area is 160 Å². The van der Waals surface area contributed by atoms with E-state index in [1.54, 1.807) is 13.0 Å². The van der Waals surface area contributed by atoms with Crippen LogP contribution < -0.4 is 5.14 Å². The minimum Gasteiger partial charge on any atom is -0.458 e. The number of ether oxygens (including phenoxy) is 1. The number of carbonyl (C=O) groups excluding carboxylic acids is 2. The van der Waals surface area contributed by atoms with Gasteiger partial charge in [0.15, 0.2) is 0 Å². The molecule has 2 aliphatic rings. The molecule has 1 heterocycles. The van der Waals surface area contributed by atoms with Gasteiger partial charge in [-0.1, -0.05) is 18.9 Å². The summed E-state index contributed by atoms with van der Waals surface area (Å²) in [6, 6.07) is 3.31. The Kier molecular flexibility index (Phi) is 5.45. The van der Waals surface area contributed by atoms with E-state index >= 15 is 0 Å². The van der Waals surface area contributed by atoms with Crippen LogP contribution in [0.25, 0.3) is 0 Å². The molecule has 1 saturated heterocycles. The molecule has 7 heteroatoms. The number of hydrogen-bond donors (Lipinski definition) is 1. The number of sulfonamides is 1. The van der Waals surface area contributed by atoms with Crippen molar-refractivity contribution in [3.05, 3.63) is 28.8 Å². The van der Waals surface area contributed by atoms with Crippen molar-refractivity contribution < 1.29 is 22.7 Å². The number of benzene rings is 1. The lowest BCUT2D eigenvalue weighted by atomic mass is 9.75. The molecule has 27 heavy (non-hydrogen) atoms. The lowest BCUT2D eigenvalue weighted by Gasteiger charge is -2.41. The molecule has 3 rings (SSSR count). The Bertz CT molecular complexity index is 853. The van der Waals surface area contributed by atoms with Crippen LogP contribution in [0.1, 0.15) is 61.6 Å². The molecule has 6 nitrogen and oxygen atoms in total. The molecule has 2 fully saturated rings. The molecular weight excluding hydrogens is 366 g/mol. The van der Waals surface area contributed by atoms with E-state index in [1.165, 1.54) is 6.07 Å². The largest absolute Gasteiger partial charge is 0.458 e. The summed E-state index contributed by atoms with van der Waals surface area (Å²) in [6.07, 6.45) is 5.50. The first-order valence-electron chi connectivity index (χ1n) is 9.48. The highest BCUT2D eigenvalue weighted by Gasteiger charge is 2.47. The van der Waals surface area contributed by atoms with E-state index in [0.717, 1.165) is 36.8 Å². The maximum absolute atomic E-state index is 12.2. The number of carbonyl (C=O) groups is 2. The molecule has 0 radical (unpaired) electrons. The third-order valence-electron chi connectivity index (χ3n) is 6.23. The normalized spacial score (nSPS) is 24.3. The highest BCUT2D eigenvalue weighted by molar-refractivity contribution is 7.89. The van der Waals surface area contributed by atoms with Gasteiger partial charge in [-0.25, -0.2) is 13.6 Å². The summed E-state index contributed by atoms with van der Waals surface area (Å²) in [7, 11) is -3.76. The first kappa shape index (κ1) is 20.0. The minimum absolute atomic E-state index is 0.0457. The average Bonchev–Trinajstić information content (AvgIpc) is 3.09. The van der Waals surface area contributed by atoms with Crippen molar-refractivity contribution in [1.82, 2.24) is 0 Å². The summed E-state index contributed by atoms with van der Waals surface area (Å²) in [4.78, 5) is 24.3. The van der Waals surface area contributed by atoms with Crippen molar-refractivity contribution in [2.75, 3.05) is 0 Å². The van der Waals surface area contributed by atoms with Crippen LogP contribution in [0.5, 0.6) is 0 Å². The van der Waals surface area contributed by atoms with Gasteiger partial charge in [0.05, 0.1) is 4.90 Å². The second-order valence-corrected chi connectivity index (χ2v) is 9.46. The number of nitrogens with two attached hydrogens (primary N) is 1. The number of aryl methyl sites for hydroxylation is 1. The molecule has 1 aliphatic carbocycles. The lowest BCUT2D eigenvalue weighted by Crippen LogP contribution is -2.48. The van der Waals surface area contributed by atoms with E-state index in [9.17, 15) is 18.0 Å². The molecule has 2 N–H and O–H groups in total. The van der Waals surface area contributed by atoms with Crippen LogP contribution in [0, 0.1) is 19.8 Å². The summed E-state index contributed by atoms with van der Waals surface area (Å²) >= 11 is 0. The molecule has 1 aromatic rings. The van der Waals surface area contributed by atoms with Crippen LogP contribution in [-0.4, -0.2) is 25.8 Å². The van der Waals surface area contributed by atoms with E-state index in [4.69, 9.17) is 9.88 Å². The van der Waals surface area contributed by atoms with E-state index in [1.807, 2.05) is 6.92 Å². The number of esters is 1. The van der Waals surface area contributed by atoms with E-state index in [-0.39, 0.29) is 29.4 Å². The maximum atomic E-state index is 12.2. The Balaban J connectivity index is 1.87. The van der Waals surface area contributed by atoms with Crippen molar-refractivity contribution in [3.63, 3.8) is 0 Å². The van der Waals surface area contributed by atoms with Gasteiger partial charge in [0, 0.05) is 6.42 Å². The fourth-order valence-electron chi connectivity index (χ4n) is 4.66. The number of ketones is 1. The van der Waals surface area contributed by atoms with Gasteiger partial charge in [-0.05, 0) is 68.2 Å². The first-order chi connectivity index (χ1) is 12.6. The smallest absolute Gasteiger partial charge is 0.313 e. The summed E-state index contributed by atoms with van der Waals surface area (Å²) in [5.41, 5.74) is 1.78. The van der Waals surface area contributed by atoms with E-state index in [2.05, 4.69) is 0 Å². The van der Waals surface area contributed by atoms with Crippen molar-refractivity contribution in [2.24, 2.45) is 11.1 Å². The Morgan fingerprint density at radius 1 is 1.15 bits per heavy atom. The zero-order valence-corrected chi connectivity index (χ0v) is 16.7. The topological polar surface area (TPSA) is 104 Å². The second-order valence-electron chi connectivity index (χ2n) is 7.93. The third kappa shape index (κ3) is 4.09.